The zero-order valence-corrected chi connectivity index (χ0v) is 18.8. The van der Waals surface area contributed by atoms with E-state index in [2.05, 4.69) is 29.0 Å². The third-order valence-corrected chi connectivity index (χ3v) is 5.51. The monoisotopic (exact) mass is 436 g/mol. The predicted molar refractivity (Wildman–Crippen MR) is 127 cm³/mol. The van der Waals surface area contributed by atoms with Crippen LogP contribution in [0.15, 0.2) is 66.3 Å². The molecule has 2 aromatic carbocycles. The molecule has 1 amide bonds. The summed E-state index contributed by atoms with van der Waals surface area (Å²) in [7, 11) is 0. The molecule has 3 aromatic rings. The molecule has 31 heavy (non-hydrogen) atoms. The number of hydrogen-bond donors (Lipinski definition) is 1. The van der Waals surface area contributed by atoms with E-state index in [1.807, 2.05) is 60.0 Å². The molecule has 1 aromatic heterocycles. The average molecular weight is 437 g/mol. The van der Waals surface area contributed by atoms with Crippen molar-refractivity contribution < 1.29 is 9.53 Å². The molecule has 1 heterocycles. The standard InChI is InChI=1S/C24H28N4O2S/c1-4-6-15-30-21-12-10-19(11-13-21)23-26-27-24(28(23)14-5-2)31-17-22(29)25-20-9-7-8-18(3)16-20/h5,7-13,16H,2,4,6,14-15,17H2,1,3H3,(H,25,29). The number of carbonyl (C=O) groups excluding carboxylic acids is 1. The van der Waals surface area contributed by atoms with E-state index in [9.17, 15) is 4.79 Å². The highest BCUT2D eigenvalue weighted by Crippen LogP contribution is 2.26. The van der Waals surface area contributed by atoms with Crippen molar-refractivity contribution in [2.75, 3.05) is 17.7 Å². The highest BCUT2D eigenvalue weighted by atomic mass is 32.2. The van der Waals surface area contributed by atoms with E-state index in [4.69, 9.17) is 4.74 Å². The summed E-state index contributed by atoms with van der Waals surface area (Å²) in [6.45, 7) is 9.25. The van der Waals surface area contributed by atoms with Crippen LogP contribution in [0.25, 0.3) is 11.4 Å². The molecule has 0 fully saturated rings. The number of nitrogens with zero attached hydrogens (tertiary/aromatic N) is 3. The molecule has 0 aliphatic carbocycles. The van der Waals surface area contributed by atoms with Crippen molar-refractivity contribution in [1.29, 1.82) is 0 Å². The maximum Gasteiger partial charge on any atom is 0.234 e. The van der Waals surface area contributed by atoms with E-state index in [0.717, 1.165) is 41.2 Å². The van der Waals surface area contributed by atoms with Gasteiger partial charge in [-0.3, -0.25) is 9.36 Å². The lowest BCUT2D eigenvalue weighted by molar-refractivity contribution is -0.113. The van der Waals surface area contributed by atoms with Crippen LogP contribution in [0.5, 0.6) is 5.75 Å². The lowest BCUT2D eigenvalue weighted by atomic mass is 10.2. The zero-order chi connectivity index (χ0) is 22.1. The Morgan fingerprint density at radius 2 is 2.03 bits per heavy atom. The molecule has 0 aliphatic rings. The van der Waals surface area contributed by atoms with Gasteiger partial charge in [0.15, 0.2) is 11.0 Å². The van der Waals surface area contributed by atoms with Gasteiger partial charge >= 0.3 is 0 Å². The molecule has 0 saturated heterocycles. The van der Waals surface area contributed by atoms with Crippen molar-refractivity contribution in [3.63, 3.8) is 0 Å². The molecule has 3 rings (SSSR count). The Labute approximate surface area is 187 Å². The number of unbranched alkanes of at least 4 members (excludes halogenated alkanes) is 1. The molecule has 0 saturated carbocycles. The van der Waals surface area contributed by atoms with Gasteiger partial charge in [0.1, 0.15) is 5.75 Å². The van der Waals surface area contributed by atoms with E-state index in [1.54, 1.807) is 6.08 Å². The highest BCUT2D eigenvalue weighted by molar-refractivity contribution is 7.99. The largest absolute Gasteiger partial charge is 0.494 e. The fraction of sp³-hybridized carbons (Fsp3) is 0.292. The third kappa shape index (κ3) is 6.46. The van der Waals surface area contributed by atoms with Crippen molar-refractivity contribution in [3.8, 4) is 17.1 Å². The molecule has 0 bridgehead atoms. The van der Waals surface area contributed by atoms with Crippen LogP contribution >= 0.6 is 11.8 Å². The third-order valence-electron chi connectivity index (χ3n) is 4.54. The van der Waals surface area contributed by atoms with Crippen LogP contribution in [0.4, 0.5) is 5.69 Å². The number of ether oxygens (including phenoxy) is 1. The minimum absolute atomic E-state index is 0.0844. The van der Waals surface area contributed by atoms with Gasteiger partial charge in [0.25, 0.3) is 0 Å². The zero-order valence-electron chi connectivity index (χ0n) is 18.0. The van der Waals surface area contributed by atoms with Gasteiger partial charge in [-0.1, -0.05) is 43.3 Å². The van der Waals surface area contributed by atoms with Crippen LogP contribution in [0.1, 0.15) is 25.3 Å². The van der Waals surface area contributed by atoms with Gasteiger partial charge in [-0.05, 0) is 55.3 Å². The maximum absolute atomic E-state index is 12.4. The van der Waals surface area contributed by atoms with Gasteiger partial charge in [0.05, 0.1) is 12.4 Å². The fourth-order valence-corrected chi connectivity index (χ4v) is 3.74. The normalized spacial score (nSPS) is 10.6. The lowest BCUT2D eigenvalue weighted by Gasteiger charge is -2.09. The van der Waals surface area contributed by atoms with Gasteiger partial charge in [0.2, 0.25) is 5.91 Å². The summed E-state index contributed by atoms with van der Waals surface area (Å²) in [5.74, 6) is 1.74. The van der Waals surface area contributed by atoms with Gasteiger partial charge in [0, 0.05) is 17.8 Å². The van der Waals surface area contributed by atoms with Crippen LogP contribution in [-0.2, 0) is 11.3 Å². The van der Waals surface area contributed by atoms with Crippen LogP contribution in [0, 0.1) is 6.92 Å². The lowest BCUT2D eigenvalue weighted by Crippen LogP contribution is -2.14. The number of amides is 1. The summed E-state index contributed by atoms with van der Waals surface area (Å²) >= 11 is 1.36. The molecule has 0 unspecified atom stereocenters. The number of anilines is 1. The molecule has 0 atom stereocenters. The summed E-state index contributed by atoms with van der Waals surface area (Å²) in [5, 5.41) is 12.3. The SMILES string of the molecule is C=CCn1c(SCC(=O)Nc2cccc(C)c2)nnc1-c1ccc(OCCCC)cc1. The quantitative estimate of drug-likeness (QED) is 0.249. The number of hydrogen-bond acceptors (Lipinski definition) is 5. The molecule has 0 radical (unpaired) electrons. The number of aromatic nitrogens is 3. The number of thioether (sulfide) groups is 1. The predicted octanol–water partition coefficient (Wildman–Crippen LogP) is 5.35. The van der Waals surface area contributed by atoms with E-state index < -0.39 is 0 Å². The van der Waals surface area contributed by atoms with Crippen molar-refractivity contribution in [2.45, 2.75) is 38.4 Å². The second-order valence-corrected chi connectivity index (χ2v) is 8.08. The Bertz CT molecular complexity index is 1010. The fourth-order valence-electron chi connectivity index (χ4n) is 2.99. The van der Waals surface area contributed by atoms with Crippen molar-refractivity contribution in [1.82, 2.24) is 14.8 Å². The van der Waals surface area contributed by atoms with Gasteiger partial charge in [-0.15, -0.1) is 16.8 Å². The van der Waals surface area contributed by atoms with E-state index in [1.165, 1.54) is 11.8 Å². The summed E-state index contributed by atoms with van der Waals surface area (Å²) in [4.78, 5) is 12.4. The number of aryl methyl sites for hydroxylation is 1. The average Bonchev–Trinajstić information content (AvgIpc) is 3.16. The first-order valence-electron chi connectivity index (χ1n) is 10.4. The smallest absolute Gasteiger partial charge is 0.234 e. The van der Waals surface area contributed by atoms with Crippen LogP contribution in [-0.4, -0.2) is 33.0 Å². The molecular formula is C24H28N4O2S. The van der Waals surface area contributed by atoms with Crippen LogP contribution < -0.4 is 10.1 Å². The Balaban J connectivity index is 1.67. The number of allylic oxidation sites excluding steroid dienone is 1. The molecule has 6 nitrogen and oxygen atoms in total. The second kappa shape index (κ2) is 11.4. The first kappa shape index (κ1) is 22.6. The Morgan fingerprint density at radius 1 is 1.23 bits per heavy atom. The highest BCUT2D eigenvalue weighted by Gasteiger charge is 2.15. The van der Waals surface area contributed by atoms with Crippen LogP contribution in [0.3, 0.4) is 0 Å². The van der Waals surface area contributed by atoms with Gasteiger partial charge < -0.3 is 10.1 Å². The molecular weight excluding hydrogens is 408 g/mol. The maximum atomic E-state index is 12.4. The van der Waals surface area contributed by atoms with Crippen molar-refractivity contribution in [2.24, 2.45) is 0 Å². The second-order valence-electron chi connectivity index (χ2n) is 7.14. The topological polar surface area (TPSA) is 69.0 Å². The Hall–Kier alpha value is -3.06. The summed E-state index contributed by atoms with van der Waals surface area (Å²) in [5.41, 5.74) is 2.83. The summed E-state index contributed by atoms with van der Waals surface area (Å²) in [6, 6.07) is 15.6. The minimum atomic E-state index is -0.0844. The molecule has 1 N–H and O–H groups in total. The molecule has 7 heteroatoms. The number of rotatable bonds is 11. The molecule has 0 aliphatic heterocycles. The van der Waals surface area contributed by atoms with Crippen molar-refractivity contribution >= 4 is 23.4 Å². The number of nitrogens with one attached hydrogen (secondary N) is 1. The molecule has 162 valence electrons. The van der Waals surface area contributed by atoms with Gasteiger partial charge in [-0.2, -0.15) is 0 Å². The summed E-state index contributed by atoms with van der Waals surface area (Å²) in [6.07, 6.45) is 3.94. The van der Waals surface area contributed by atoms with E-state index in [-0.39, 0.29) is 11.7 Å². The number of carbonyl (C=O) groups is 1. The first-order chi connectivity index (χ1) is 15.1. The summed E-state index contributed by atoms with van der Waals surface area (Å²) < 4.78 is 7.70. The Kier molecular flexibility index (Phi) is 8.29. The minimum Gasteiger partial charge on any atom is -0.494 e. The van der Waals surface area contributed by atoms with Gasteiger partial charge in [-0.25, -0.2) is 0 Å². The van der Waals surface area contributed by atoms with E-state index in [0.29, 0.717) is 18.3 Å². The van der Waals surface area contributed by atoms with E-state index >= 15 is 0 Å². The van der Waals surface area contributed by atoms with Crippen molar-refractivity contribution in [3.05, 3.63) is 66.7 Å². The molecule has 0 spiro atoms. The Morgan fingerprint density at radius 3 is 2.74 bits per heavy atom. The first-order valence-corrected chi connectivity index (χ1v) is 11.4. The van der Waals surface area contributed by atoms with Crippen LogP contribution in [0.2, 0.25) is 0 Å². The number of benzene rings is 2.